The molecule has 0 saturated carbocycles. The maximum absolute atomic E-state index is 13.9. The monoisotopic (exact) mass is 352 g/mol. The number of nitrogens with zero attached hydrogens (tertiary/aromatic N) is 1. The van der Waals surface area contributed by atoms with Gasteiger partial charge in [0.2, 0.25) is 0 Å². The molecule has 2 aromatic carbocycles. The maximum Gasteiger partial charge on any atom is 0.257 e. The van der Waals surface area contributed by atoms with Gasteiger partial charge in [-0.15, -0.1) is 0 Å². The van der Waals surface area contributed by atoms with E-state index in [-0.39, 0.29) is 11.6 Å². The molecule has 1 heterocycles. The first-order chi connectivity index (χ1) is 12.4. The number of amides is 1. The SMILES string of the molecule is COc1ccc(-n2c(C)cc(C(=O)Nc3cc(C)ccc3F)c2C)cc1. The minimum Gasteiger partial charge on any atom is -0.497 e. The third-order valence-corrected chi connectivity index (χ3v) is 4.38. The van der Waals surface area contributed by atoms with Crippen LogP contribution in [0.2, 0.25) is 0 Å². The highest BCUT2D eigenvalue weighted by Crippen LogP contribution is 2.24. The summed E-state index contributed by atoms with van der Waals surface area (Å²) in [5.41, 5.74) is 4.22. The van der Waals surface area contributed by atoms with Gasteiger partial charge in [-0.1, -0.05) is 6.07 Å². The number of hydrogen-bond donors (Lipinski definition) is 1. The van der Waals surface area contributed by atoms with Gasteiger partial charge in [-0.3, -0.25) is 4.79 Å². The van der Waals surface area contributed by atoms with Gasteiger partial charge < -0.3 is 14.6 Å². The second-order valence-electron chi connectivity index (χ2n) is 6.26. The lowest BCUT2D eigenvalue weighted by atomic mass is 10.2. The number of ether oxygens (including phenoxy) is 1. The van der Waals surface area contributed by atoms with E-state index in [9.17, 15) is 9.18 Å². The van der Waals surface area contributed by atoms with Crippen LogP contribution in [0.3, 0.4) is 0 Å². The maximum atomic E-state index is 13.9. The van der Waals surface area contributed by atoms with Gasteiger partial charge in [-0.25, -0.2) is 4.39 Å². The Morgan fingerprint density at radius 2 is 1.73 bits per heavy atom. The molecule has 0 aliphatic rings. The lowest BCUT2D eigenvalue weighted by Gasteiger charge is -2.11. The van der Waals surface area contributed by atoms with Crippen molar-refractivity contribution in [2.24, 2.45) is 0 Å². The van der Waals surface area contributed by atoms with Gasteiger partial charge in [0.15, 0.2) is 0 Å². The summed E-state index contributed by atoms with van der Waals surface area (Å²) in [6.45, 7) is 5.66. The molecule has 0 radical (unpaired) electrons. The molecule has 5 heteroatoms. The predicted octanol–water partition coefficient (Wildman–Crippen LogP) is 4.80. The van der Waals surface area contributed by atoms with E-state index in [0.29, 0.717) is 5.56 Å². The quantitative estimate of drug-likeness (QED) is 0.733. The normalized spacial score (nSPS) is 10.7. The lowest BCUT2D eigenvalue weighted by molar-refractivity contribution is 0.102. The number of methoxy groups -OCH3 is 1. The van der Waals surface area contributed by atoms with Crippen molar-refractivity contribution < 1.29 is 13.9 Å². The zero-order chi connectivity index (χ0) is 18.8. The summed E-state index contributed by atoms with van der Waals surface area (Å²) in [6, 6.07) is 14.1. The number of benzene rings is 2. The van der Waals surface area contributed by atoms with Crippen molar-refractivity contribution in [3.63, 3.8) is 0 Å². The van der Waals surface area contributed by atoms with E-state index in [1.807, 2.05) is 55.7 Å². The zero-order valence-electron chi connectivity index (χ0n) is 15.3. The van der Waals surface area contributed by atoms with Crippen LogP contribution in [0.5, 0.6) is 5.75 Å². The fourth-order valence-electron chi connectivity index (χ4n) is 3.05. The third-order valence-electron chi connectivity index (χ3n) is 4.38. The molecule has 134 valence electrons. The lowest BCUT2D eigenvalue weighted by Crippen LogP contribution is -2.14. The molecule has 3 aromatic rings. The molecule has 0 aliphatic heterocycles. The van der Waals surface area contributed by atoms with E-state index in [2.05, 4.69) is 5.32 Å². The summed E-state index contributed by atoms with van der Waals surface area (Å²) in [5, 5.41) is 2.67. The number of hydrogen-bond acceptors (Lipinski definition) is 2. The number of nitrogens with one attached hydrogen (secondary N) is 1. The van der Waals surface area contributed by atoms with Crippen molar-refractivity contribution >= 4 is 11.6 Å². The Morgan fingerprint density at radius 3 is 2.38 bits per heavy atom. The highest BCUT2D eigenvalue weighted by Gasteiger charge is 2.18. The van der Waals surface area contributed by atoms with Crippen molar-refractivity contribution in [2.45, 2.75) is 20.8 Å². The average molecular weight is 352 g/mol. The highest BCUT2D eigenvalue weighted by atomic mass is 19.1. The molecule has 26 heavy (non-hydrogen) atoms. The summed E-state index contributed by atoms with van der Waals surface area (Å²) in [4.78, 5) is 12.7. The summed E-state index contributed by atoms with van der Waals surface area (Å²) >= 11 is 0. The highest BCUT2D eigenvalue weighted by molar-refractivity contribution is 6.05. The van der Waals surface area contributed by atoms with Crippen LogP contribution >= 0.6 is 0 Å². The number of rotatable bonds is 4. The summed E-state index contributed by atoms with van der Waals surface area (Å²) in [5.74, 6) is -0.0145. The Labute approximate surface area is 152 Å². The number of anilines is 1. The molecule has 0 saturated heterocycles. The van der Waals surface area contributed by atoms with Gasteiger partial charge in [0.05, 0.1) is 18.4 Å². The van der Waals surface area contributed by atoms with Gasteiger partial charge in [0.25, 0.3) is 5.91 Å². The second kappa shape index (κ2) is 7.04. The van der Waals surface area contributed by atoms with Crippen LogP contribution in [-0.4, -0.2) is 17.6 Å². The van der Waals surface area contributed by atoms with E-state index in [4.69, 9.17) is 4.74 Å². The fourth-order valence-corrected chi connectivity index (χ4v) is 3.05. The molecule has 1 amide bonds. The van der Waals surface area contributed by atoms with E-state index in [1.54, 1.807) is 19.2 Å². The Balaban J connectivity index is 1.93. The standard InChI is InChI=1S/C21H21FN2O2/c1-13-5-10-19(22)20(11-13)23-21(25)18-12-14(2)24(15(18)3)16-6-8-17(26-4)9-7-16/h5-12H,1-4H3,(H,23,25). The molecule has 0 bridgehead atoms. The summed E-state index contributed by atoms with van der Waals surface area (Å²) < 4.78 is 21.1. The van der Waals surface area contributed by atoms with Gasteiger partial charge in [0, 0.05) is 17.1 Å². The topological polar surface area (TPSA) is 43.3 Å². The smallest absolute Gasteiger partial charge is 0.257 e. The van der Waals surface area contributed by atoms with Gasteiger partial charge in [-0.05, 0) is 68.8 Å². The van der Waals surface area contributed by atoms with E-state index in [0.717, 1.165) is 28.4 Å². The van der Waals surface area contributed by atoms with E-state index in [1.165, 1.54) is 6.07 Å². The fraction of sp³-hybridized carbons (Fsp3) is 0.190. The van der Waals surface area contributed by atoms with Crippen LogP contribution < -0.4 is 10.1 Å². The Hall–Kier alpha value is -3.08. The van der Waals surface area contributed by atoms with Crippen LogP contribution in [0.25, 0.3) is 5.69 Å². The summed E-state index contributed by atoms with van der Waals surface area (Å²) in [7, 11) is 1.62. The van der Waals surface area contributed by atoms with Gasteiger partial charge >= 0.3 is 0 Å². The van der Waals surface area contributed by atoms with E-state index < -0.39 is 5.82 Å². The zero-order valence-corrected chi connectivity index (χ0v) is 15.3. The van der Waals surface area contributed by atoms with Gasteiger partial charge in [0.1, 0.15) is 11.6 Å². The molecule has 1 N–H and O–H groups in total. The predicted molar refractivity (Wildman–Crippen MR) is 101 cm³/mol. The largest absolute Gasteiger partial charge is 0.497 e. The molecule has 0 spiro atoms. The average Bonchev–Trinajstić information content (AvgIpc) is 2.93. The molecule has 4 nitrogen and oxygen atoms in total. The van der Waals surface area contributed by atoms with Crippen molar-refractivity contribution in [1.29, 1.82) is 0 Å². The molecule has 0 aliphatic carbocycles. The molecule has 0 fully saturated rings. The first-order valence-corrected chi connectivity index (χ1v) is 8.31. The Bertz CT molecular complexity index is 959. The minimum atomic E-state index is -0.451. The molecule has 1 aromatic heterocycles. The van der Waals surface area contributed by atoms with Crippen molar-refractivity contribution in [1.82, 2.24) is 4.57 Å². The minimum absolute atomic E-state index is 0.184. The van der Waals surface area contributed by atoms with Crippen LogP contribution in [0, 0.1) is 26.6 Å². The van der Waals surface area contributed by atoms with Gasteiger partial charge in [-0.2, -0.15) is 0 Å². The second-order valence-corrected chi connectivity index (χ2v) is 6.26. The summed E-state index contributed by atoms with van der Waals surface area (Å²) in [6.07, 6.45) is 0. The van der Waals surface area contributed by atoms with E-state index >= 15 is 0 Å². The molecule has 3 rings (SSSR count). The number of carbonyl (C=O) groups excluding carboxylic acids is 1. The first kappa shape index (κ1) is 17.7. The number of halogens is 1. The molecular weight excluding hydrogens is 331 g/mol. The van der Waals surface area contributed by atoms with Crippen molar-refractivity contribution in [3.05, 3.63) is 76.9 Å². The van der Waals surface area contributed by atoms with Crippen LogP contribution in [0.4, 0.5) is 10.1 Å². The molecule has 0 unspecified atom stereocenters. The Kier molecular flexibility index (Phi) is 4.80. The van der Waals surface area contributed by atoms with Crippen LogP contribution in [0.1, 0.15) is 27.3 Å². The molecule has 0 atom stereocenters. The van der Waals surface area contributed by atoms with Crippen LogP contribution in [0.15, 0.2) is 48.5 Å². The Morgan fingerprint density at radius 1 is 1.04 bits per heavy atom. The number of aryl methyl sites for hydroxylation is 2. The number of carbonyl (C=O) groups is 1. The van der Waals surface area contributed by atoms with Crippen LogP contribution in [-0.2, 0) is 0 Å². The molecular formula is C21H21FN2O2. The van der Waals surface area contributed by atoms with Crippen molar-refractivity contribution in [2.75, 3.05) is 12.4 Å². The van der Waals surface area contributed by atoms with Crippen molar-refractivity contribution in [3.8, 4) is 11.4 Å². The first-order valence-electron chi connectivity index (χ1n) is 8.31. The number of aromatic nitrogens is 1. The third kappa shape index (κ3) is 3.33.